The molecule has 1 unspecified atom stereocenters. The number of ketones is 1. The maximum Gasteiger partial charge on any atom is 0.165 e. The van der Waals surface area contributed by atoms with Gasteiger partial charge in [0.25, 0.3) is 0 Å². The van der Waals surface area contributed by atoms with Crippen LogP contribution in [0.1, 0.15) is 39.0 Å². The van der Waals surface area contributed by atoms with Crippen molar-refractivity contribution in [3.8, 4) is 0 Å². The first-order chi connectivity index (χ1) is 9.00. The van der Waals surface area contributed by atoms with E-state index in [1.54, 1.807) is 0 Å². The van der Waals surface area contributed by atoms with Gasteiger partial charge in [-0.15, -0.1) is 0 Å². The first-order valence-corrected chi connectivity index (χ1v) is 6.92. The van der Waals surface area contributed by atoms with Crippen molar-refractivity contribution < 1.29 is 9.53 Å². The van der Waals surface area contributed by atoms with Crippen molar-refractivity contribution in [2.45, 2.75) is 40.2 Å². The van der Waals surface area contributed by atoms with Gasteiger partial charge in [-0.25, -0.2) is 0 Å². The number of benzene rings is 1. The van der Waals surface area contributed by atoms with Crippen molar-refractivity contribution in [2.75, 3.05) is 19.8 Å². The van der Waals surface area contributed by atoms with Crippen LogP contribution in [0.4, 0.5) is 0 Å². The lowest BCUT2D eigenvalue weighted by molar-refractivity contribution is 0.0675. The van der Waals surface area contributed by atoms with Crippen LogP contribution in [0.5, 0.6) is 0 Å². The van der Waals surface area contributed by atoms with Gasteiger partial charge < -0.3 is 10.1 Å². The number of hydrogen-bond acceptors (Lipinski definition) is 3. The van der Waals surface area contributed by atoms with Crippen LogP contribution in [0, 0.1) is 27.7 Å². The summed E-state index contributed by atoms with van der Waals surface area (Å²) in [5.74, 6) is 0.227. The van der Waals surface area contributed by atoms with Crippen LogP contribution in [-0.2, 0) is 4.74 Å². The molecule has 1 aromatic rings. The molecule has 1 aliphatic rings. The Kier molecular flexibility index (Phi) is 4.38. The minimum Gasteiger partial charge on any atom is -0.378 e. The summed E-state index contributed by atoms with van der Waals surface area (Å²) in [5.41, 5.74) is 5.53. The lowest BCUT2D eigenvalue weighted by Gasteiger charge is -2.24. The molecule has 1 atom stereocenters. The predicted octanol–water partition coefficient (Wildman–Crippen LogP) is 2.48. The second-order valence-corrected chi connectivity index (χ2v) is 5.49. The maximum atomic E-state index is 12.6. The molecule has 0 bridgehead atoms. The molecule has 0 radical (unpaired) electrons. The summed E-state index contributed by atoms with van der Waals surface area (Å²) < 4.78 is 5.41. The standard InChI is InChI=1S/C16H23NO2/c1-10-7-11(2)13(4)16(12(10)3)15(18)8-14-9-19-6-5-17-14/h7,14,17H,5-6,8-9H2,1-4H3. The normalized spacial score (nSPS) is 19.5. The number of rotatable bonds is 3. The Balaban J connectivity index is 2.23. The molecule has 0 saturated carbocycles. The van der Waals surface area contributed by atoms with Gasteiger partial charge in [-0.3, -0.25) is 4.79 Å². The topological polar surface area (TPSA) is 38.3 Å². The van der Waals surface area contributed by atoms with Crippen molar-refractivity contribution >= 4 is 5.78 Å². The average Bonchev–Trinajstić information content (AvgIpc) is 2.38. The Morgan fingerprint density at radius 3 is 2.42 bits per heavy atom. The molecule has 104 valence electrons. The highest BCUT2D eigenvalue weighted by Crippen LogP contribution is 2.23. The fourth-order valence-electron chi connectivity index (χ4n) is 2.71. The molecule has 1 aliphatic heterocycles. The molecular weight excluding hydrogens is 238 g/mol. The van der Waals surface area contributed by atoms with Gasteiger partial charge in [0, 0.05) is 24.6 Å². The molecule has 0 aliphatic carbocycles. The summed E-state index contributed by atoms with van der Waals surface area (Å²) in [6.45, 7) is 10.4. The zero-order chi connectivity index (χ0) is 14.0. The summed E-state index contributed by atoms with van der Waals surface area (Å²) in [5, 5.41) is 3.34. The number of nitrogens with one attached hydrogen (secondary N) is 1. The van der Waals surface area contributed by atoms with Crippen LogP contribution in [0.2, 0.25) is 0 Å². The first-order valence-electron chi connectivity index (χ1n) is 6.92. The predicted molar refractivity (Wildman–Crippen MR) is 76.9 cm³/mol. The third-order valence-corrected chi connectivity index (χ3v) is 4.08. The third kappa shape index (κ3) is 3.04. The smallest absolute Gasteiger partial charge is 0.165 e. The third-order valence-electron chi connectivity index (χ3n) is 4.08. The van der Waals surface area contributed by atoms with E-state index in [0.717, 1.165) is 29.8 Å². The largest absolute Gasteiger partial charge is 0.378 e. The Labute approximate surface area is 115 Å². The Morgan fingerprint density at radius 1 is 1.26 bits per heavy atom. The van der Waals surface area contributed by atoms with Gasteiger partial charge >= 0.3 is 0 Å². The molecule has 1 fully saturated rings. The highest BCUT2D eigenvalue weighted by Gasteiger charge is 2.21. The summed E-state index contributed by atoms with van der Waals surface area (Å²) in [6.07, 6.45) is 0.518. The summed E-state index contributed by atoms with van der Waals surface area (Å²) >= 11 is 0. The molecule has 0 amide bonds. The van der Waals surface area contributed by atoms with Gasteiger partial charge in [0.2, 0.25) is 0 Å². The molecule has 19 heavy (non-hydrogen) atoms. The zero-order valence-corrected chi connectivity index (χ0v) is 12.3. The van der Waals surface area contributed by atoms with Crippen LogP contribution in [-0.4, -0.2) is 31.6 Å². The van der Waals surface area contributed by atoms with E-state index in [2.05, 4.69) is 25.2 Å². The molecule has 1 heterocycles. The van der Waals surface area contributed by atoms with E-state index < -0.39 is 0 Å². The lowest BCUT2D eigenvalue weighted by atomic mass is 9.89. The van der Waals surface area contributed by atoms with Crippen molar-refractivity contribution in [3.05, 3.63) is 33.9 Å². The number of morpholine rings is 1. The van der Waals surface area contributed by atoms with E-state index in [4.69, 9.17) is 4.74 Å². The van der Waals surface area contributed by atoms with Crippen LogP contribution in [0.15, 0.2) is 6.07 Å². The van der Waals surface area contributed by atoms with Crippen molar-refractivity contribution in [2.24, 2.45) is 0 Å². The van der Waals surface area contributed by atoms with E-state index in [1.807, 2.05) is 13.8 Å². The lowest BCUT2D eigenvalue weighted by Crippen LogP contribution is -2.42. The summed E-state index contributed by atoms with van der Waals surface area (Å²) in [6, 6.07) is 2.31. The molecule has 3 nitrogen and oxygen atoms in total. The van der Waals surface area contributed by atoms with Gasteiger partial charge in [0.05, 0.1) is 13.2 Å². The zero-order valence-electron chi connectivity index (χ0n) is 12.3. The summed E-state index contributed by atoms with van der Waals surface area (Å²) in [7, 11) is 0. The molecule has 1 aromatic carbocycles. The van der Waals surface area contributed by atoms with Crippen LogP contribution in [0.25, 0.3) is 0 Å². The summed E-state index contributed by atoms with van der Waals surface area (Å²) in [4.78, 5) is 12.6. The van der Waals surface area contributed by atoms with Crippen LogP contribution >= 0.6 is 0 Å². The van der Waals surface area contributed by atoms with Crippen molar-refractivity contribution in [3.63, 3.8) is 0 Å². The fourth-order valence-corrected chi connectivity index (χ4v) is 2.71. The fraction of sp³-hybridized carbons (Fsp3) is 0.562. The van der Waals surface area contributed by atoms with Crippen LogP contribution < -0.4 is 5.32 Å². The second-order valence-electron chi connectivity index (χ2n) is 5.49. The molecule has 1 saturated heterocycles. The molecule has 3 heteroatoms. The minimum atomic E-state index is 0.154. The van der Waals surface area contributed by atoms with E-state index >= 15 is 0 Å². The molecular formula is C16H23NO2. The molecule has 1 N–H and O–H groups in total. The van der Waals surface area contributed by atoms with Gasteiger partial charge in [-0.05, 0) is 49.9 Å². The van der Waals surface area contributed by atoms with E-state index in [0.29, 0.717) is 13.0 Å². The Hall–Kier alpha value is -1.19. The highest BCUT2D eigenvalue weighted by molar-refractivity contribution is 5.99. The molecule has 0 spiro atoms. The van der Waals surface area contributed by atoms with E-state index in [-0.39, 0.29) is 11.8 Å². The first kappa shape index (κ1) is 14.2. The minimum absolute atomic E-state index is 0.154. The number of carbonyl (C=O) groups excluding carboxylic acids is 1. The van der Waals surface area contributed by atoms with Gasteiger partial charge in [-0.2, -0.15) is 0 Å². The van der Waals surface area contributed by atoms with Gasteiger partial charge in [0.15, 0.2) is 5.78 Å². The average molecular weight is 261 g/mol. The monoisotopic (exact) mass is 261 g/mol. The number of hydrogen-bond donors (Lipinski definition) is 1. The molecule has 2 rings (SSSR count). The number of carbonyl (C=O) groups is 1. The van der Waals surface area contributed by atoms with Crippen LogP contribution in [0.3, 0.4) is 0 Å². The number of aryl methyl sites for hydroxylation is 2. The van der Waals surface area contributed by atoms with Crippen molar-refractivity contribution in [1.29, 1.82) is 0 Å². The second kappa shape index (κ2) is 5.85. The maximum absolute atomic E-state index is 12.6. The van der Waals surface area contributed by atoms with Gasteiger partial charge in [0.1, 0.15) is 0 Å². The molecule has 0 aromatic heterocycles. The SMILES string of the molecule is Cc1cc(C)c(C)c(C(=O)CC2COCCN2)c1C. The highest BCUT2D eigenvalue weighted by atomic mass is 16.5. The Bertz CT molecular complexity index is 462. The number of Topliss-reactive ketones (excluding diaryl/α,β-unsaturated/α-hetero) is 1. The van der Waals surface area contributed by atoms with Gasteiger partial charge in [-0.1, -0.05) is 6.07 Å². The van der Waals surface area contributed by atoms with E-state index in [1.165, 1.54) is 11.1 Å². The Morgan fingerprint density at radius 2 is 1.89 bits per heavy atom. The number of ether oxygens (including phenoxy) is 1. The quantitative estimate of drug-likeness (QED) is 0.850. The van der Waals surface area contributed by atoms with Crippen molar-refractivity contribution in [1.82, 2.24) is 5.32 Å². The van der Waals surface area contributed by atoms with E-state index in [9.17, 15) is 4.79 Å².